The Morgan fingerprint density at radius 2 is 2.14 bits per heavy atom. The summed E-state index contributed by atoms with van der Waals surface area (Å²) in [6.45, 7) is 6.83. The number of likely N-dealkylation sites (tertiary alicyclic amines) is 1. The normalized spacial score (nSPS) is 20.0. The Labute approximate surface area is 133 Å². The van der Waals surface area contributed by atoms with Gasteiger partial charge in [0, 0.05) is 33.4 Å². The second-order valence-electron chi connectivity index (χ2n) is 5.88. The van der Waals surface area contributed by atoms with Crippen LogP contribution in [0.1, 0.15) is 33.1 Å². The first-order valence-electron chi connectivity index (χ1n) is 8.15. The Hall–Kier alpha value is -1.14. The summed E-state index contributed by atoms with van der Waals surface area (Å²) >= 11 is 0. The fourth-order valence-corrected chi connectivity index (χ4v) is 2.73. The lowest BCUT2D eigenvalue weighted by Crippen LogP contribution is -2.50. The molecular formula is C16H30N2O4. The highest BCUT2D eigenvalue weighted by atomic mass is 16.5. The lowest BCUT2D eigenvalue weighted by Gasteiger charge is -2.35. The third-order valence-corrected chi connectivity index (χ3v) is 4.23. The first kappa shape index (κ1) is 18.9. The predicted octanol–water partition coefficient (Wildman–Crippen LogP) is 1.14. The quantitative estimate of drug-likeness (QED) is 0.497. The smallest absolute Gasteiger partial charge is 0.310 e. The van der Waals surface area contributed by atoms with Gasteiger partial charge in [0.25, 0.3) is 0 Å². The number of carbonyl (C=O) groups is 2. The van der Waals surface area contributed by atoms with Crippen LogP contribution in [-0.4, -0.2) is 74.7 Å². The number of nitrogens with zero attached hydrogens (tertiary/aromatic N) is 2. The van der Waals surface area contributed by atoms with Crippen LogP contribution in [0.3, 0.4) is 0 Å². The second-order valence-corrected chi connectivity index (χ2v) is 5.88. The topological polar surface area (TPSA) is 59.1 Å². The number of rotatable bonds is 8. The number of ether oxygens (including phenoxy) is 2. The van der Waals surface area contributed by atoms with Crippen molar-refractivity contribution in [3.05, 3.63) is 0 Å². The summed E-state index contributed by atoms with van der Waals surface area (Å²) in [5.74, 6) is -0.265. The minimum Gasteiger partial charge on any atom is -0.466 e. The van der Waals surface area contributed by atoms with Gasteiger partial charge in [-0.2, -0.15) is 0 Å². The van der Waals surface area contributed by atoms with E-state index >= 15 is 0 Å². The van der Waals surface area contributed by atoms with Gasteiger partial charge in [0.2, 0.25) is 5.91 Å². The van der Waals surface area contributed by atoms with E-state index in [-0.39, 0.29) is 23.8 Å². The molecule has 1 rings (SSSR count). The van der Waals surface area contributed by atoms with Crippen LogP contribution in [0.4, 0.5) is 0 Å². The van der Waals surface area contributed by atoms with E-state index in [1.54, 1.807) is 14.0 Å². The van der Waals surface area contributed by atoms with E-state index in [9.17, 15) is 9.59 Å². The zero-order valence-corrected chi connectivity index (χ0v) is 14.3. The average Bonchev–Trinajstić information content (AvgIpc) is 2.54. The highest BCUT2D eigenvalue weighted by Gasteiger charge is 2.32. The summed E-state index contributed by atoms with van der Waals surface area (Å²) in [6, 6.07) is -0.183. The van der Waals surface area contributed by atoms with E-state index in [1.807, 2.05) is 23.8 Å². The van der Waals surface area contributed by atoms with Crippen LogP contribution in [0.5, 0.6) is 0 Å². The Morgan fingerprint density at radius 3 is 2.77 bits per heavy atom. The fourth-order valence-electron chi connectivity index (χ4n) is 2.73. The van der Waals surface area contributed by atoms with E-state index < -0.39 is 0 Å². The van der Waals surface area contributed by atoms with Crippen molar-refractivity contribution in [3.8, 4) is 0 Å². The van der Waals surface area contributed by atoms with Crippen LogP contribution in [-0.2, 0) is 19.1 Å². The molecule has 0 radical (unpaired) electrons. The van der Waals surface area contributed by atoms with Crippen molar-refractivity contribution in [2.75, 3.05) is 47.0 Å². The van der Waals surface area contributed by atoms with Gasteiger partial charge in [0.1, 0.15) is 0 Å². The molecule has 1 fully saturated rings. The van der Waals surface area contributed by atoms with Crippen molar-refractivity contribution in [1.29, 1.82) is 0 Å². The molecule has 128 valence electrons. The summed E-state index contributed by atoms with van der Waals surface area (Å²) in [7, 11) is 3.63. The summed E-state index contributed by atoms with van der Waals surface area (Å²) in [5, 5.41) is 0. The zero-order chi connectivity index (χ0) is 16.5. The molecule has 0 bridgehead atoms. The maximum atomic E-state index is 12.6. The minimum atomic E-state index is -0.183. The van der Waals surface area contributed by atoms with Gasteiger partial charge in [-0.3, -0.25) is 14.5 Å². The van der Waals surface area contributed by atoms with Crippen LogP contribution in [0.15, 0.2) is 0 Å². The Balaban J connectivity index is 2.50. The molecule has 1 amide bonds. The molecule has 0 aromatic carbocycles. The molecule has 0 N–H and O–H groups in total. The lowest BCUT2D eigenvalue weighted by atomic mass is 9.97. The first-order chi connectivity index (χ1) is 10.5. The van der Waals surface area contributed by atoms with Crippen molar-refractivity contribution in [2.24, 2.45) is 5.92 Å². The molecule has 0 spiro atoms. The molecule has 0 saturated carbocycles. The summed E-state index contributed by atoms with van der Waals surface area (Å²) in [4.78, 5) is 28.3. The highest BCUT2D eigenvalue weighted by Crippen LogP contribution is 2.19. The van der Waals surface area contributed by atoms with Crippen LogP contribution in [0.25, 0.3) is 0 Å². The molecule has 0 aromatic heterocycles. The van der Waals surface area contributed by atoms with E-state index in [0.29, 0.717) is 19.8 Å². The van der Waals surface area contributed by atoms with Crippen LogP contribution >= 0.6 is 0 Å². The van der Waals surface area contributed by atoms with Gasteiger partial charge in [0.05, 0.1) is 18.6 Å². The molecule has 2 unspecified atom stereocenters. The van der Waals surface area contributed by atoms with Crippen LogP contribution in [0, 0.1) is 5.92 Å². The summed E-state index contributed by atoms with van der Waals surface area (Å²) in [6.07, 6.45) is 2.56. The van der Waals surface area contributed by atoms with Crippen molar-refractivity contribution in [1.82, 2.24) is 9.80 Å². The van der Waals surface area contributed by atoms with Crippen molar-refractivity contribution in [3.63, 3.8) is 0 Å². The molecule has 2 atom stereocenters. The maximum absolute atomic E-state index is 12.6. The van der Waals surface area contributed by atoms with Crippen molar-refractivity contribution < 1.29 is 19.1 Å². The minimum absolute atomic E-state index is 0.0916. The molecule has 1 heterocycles. The molecular weight excluding hydrogens is 284 g/mol. The largest absolute Gasteiger partial charge is 0.466 e. The molecule has 1 aliphatic heterocycles. The Morgan fingerprint density at radius 1 is 1.41 bits per heavy atom. The van der Waals surface area contributed by atoms with Gasteiger partial charge in [0.15, 0.2) is 0 Å². The van der Waals surface area contributed by atoms with E-state index in [4.69, 9.17) is 9.47 Å². The molecule has 6 nitrogen and oxygen atoms in total. The predicted molar refractivity (Wildman–Crippen MR) is 84.5 cm³/mol. The first-order valence-corrected chi connectivity index (χ1v) is 8.15. The number of hydrogen-bond acceptors (Lipinski definition) is 5. The van der Waals surface area contributed by atoms with Gasteiger partial charge in [-0.1, -0.05) is 0 Å². The van der Waals surface area contributed by atoms with Crippen LogP contribution in [0.2, 0.25) is 0 Å². The molecule has 0 aliphatic carbocycles. The monoisotopic (exact) mass is 314 g/mol. The zero-order valence-electron chi connectivity index (χ0n) is 14.3. The lowest BCUT2D eigenvalue weighted by molar-refractivity contribution is -0.152. The number of hydrogen-bond donors (Lipinski definition) is 0. The average molecular weight is 314 g/mol. The maximum Gasteiger partial charge on any atom is 0.310 e. The van der Waals surface area contributed by atoms with Crippen LogP contribution < -0.4 is 0 Å². The summed E-state index contributed by atoms with van der Waals surface area (Å²) < 4.78 is 10.1. The van der Waals surface area contributed by atoms with E-state index in [1.165, 1.54) is 0 Å². The fraction of sp³-hybridized carbons (Fsp3) is 0.875. The number of likely N-dealkylation sites (N-methyl/N-ethyl adjacent to an activating group) is 1. The SMILES string of the molecule is CCOC(=O)C1CCCN(C(=O)C(C)N(C)CCCOC)C1. The molecule has 22 heavy (non-hydrogen) atoms. The Kier molecular flexibility index (Phi) is 8.42. The molecule has 0 aromatic rings. The van der Waals surface area contributed by atoms with E-state index in [2.05, 4.69) is 0 Å². The number of esters is 1. The van der Waals surface area contributed by atoms with Gasteiger partial charge in [-0.05, 0) is 40.2 Å². The molecule has 1 saturated heterocycles. The Bertz CT molecular complexity index is 362. The van der Waals surface area contributed by atoms with Gasteiger partial charge in [-0.25, -0.2) is 0 Å². The highest BCUT2D eigenvalue weighted by molar-refractivity contribution is 5.82. The molecule has 6 heteroatoms. The van der Waals surface area contributed by atoms with Gasteiger partial charge >= 0.3 is 5.97 Å². The number of methoxy groups -OCH3 is 1. The standard InChI is InChI=1S/C16H30N2O4/c1-5-22-16(20)14-8-6-10-18(12-14)15(19)13(2)17(3)9-7-11-21-4/h13-14H,5-12H2,1-4H3. The third-order valence-electron chi connectivity index (χ3n) is 4.23. The second kappa shape index (κ2) is 9.79. The van der Waals surface area contributed by atoms with Crippen molar-refractivity contribution in [2.45, 2.75) is 39.2 Å². The van der Waals surface area contributed by atoms with E-state index in [0.717, 1.165) is 32.4 Å². The summed E-state index contributed by atoms with van der Waals surface area (Å²) in [5.41, 5.74) is 0. The van der Waals surface area contributed by atoms with Crippen molar-refractivity contribution >= 4 is 11.9 Å². The van der Waals surface area contributed by atoms with Gasteiger partial charge < -0.3 is 14.4 Å². The number of piperidine rings is 1. The number of amides is 1. The van der Waals surface area contributed by atoms with Gasteiger partial charge in [-0.15, -0.1) is 0 Å². The molecule has 1 aliphatic rings. The number of carbonyl (C=O) groups excluding carboxylic acids is 2. The third kappa shape index (κ3) is 5.57.